The van der Waals surface area contributed by atoms with E-state index in [1.165, 1.54) is 26.0 Å². The Labute approximate surface area is 312 Å². The molecule has 1 aliphatic heterocycles. The fraction of sp³-hybridized carbons (Fsp3) is 0.512. The highest BCUT2D eigenvalue weighted by molar-refractivity contribution is 6.01. The topological polar surface area (TPSA) is 177 Å². The summed E-state index contributed by atoms with van der Waals surface area (Å²) in [6.07, 6.45) is -1.26. The lowest BCUT2D eigenvalue weighted by Gasteiger charge is -2.63. The number of fused-ring (bicyclic) bond motifs is 7. The molecular formula is C41H47F2N3O8. The van der Waals surface area contributed by atoms with Crippen molar-refractivity contribution in [1.82, 2.24) is 5.32 Å². The average molecular weight is 748 g/mol. The van der Waals surface area contributed by atoms with Crippen molar-refractivity contribution in [1.29, 1.82) is 0 Å². The second kappa shape index (κ2) is 13.6. The molecular weight excluding hydrogens is 700 g/mol. The number of carbonyl (C=O) groups is 4. The van der Waals surface area contributed by atoms with Gasteiger partial charge in [0.25, 0.3) is 0 Å². The van der Waals surface area contributed by atoms with Crippen LogP contribution in [0.25, 0.3) is 0 Å². The summed E-state index contributed by atoms with van der Waals surface area (Å²) in [7, 11) is 0. The lowest BCUT2D eigenvalue weighted by atomic mass is 9.44. The molecule has 7 rings (SSSR count). The molecule has 3 saturated carbocycles. The molecule has 0 spiro atoms. The van der Waals surface area contributed by atoms with Gasteiger partial charge in [0.05, 0.1) is 18.2 Å². The van der Waals surface area contributed by atoms with Gasteiger partial charge in [-0.25, -0.2) is 8.78 Å². The molecule has 6 N–H and O–H groups in total. The monoisotopic (exact) mass is 747 g/mol. The normalized spacial score (nSPS) is 37.6. The number of allylic oxidation sites excluding steroid dienone is 4. The molecule has 4 fully saturated rings. The number of hydrogen-bond donors (Lipinski definition) is 5. The van der Waals surface area contributed by atoms with Gasteiger partial charge in [-0.2, -0.15) is 0 Å². The summed E-state index contributed by atoms with van der Waals surface area (Å²) in [4.78, 5) is 50.6. The third kappa shape index (κ3) is 5.69. The van der Waals surface area contributed by atoms with E-state index in [9.17, 15) is 29.4 Å². The third-order valence-corrected chi connectivity index (χ3v) is 12.9. The molecule has 1 heterocycles. The van der Waals surface area contributed by atoms with E-state index in [-0.39, 0.29) is 30.7 Å². The number of nitrogens with one attached hydrogen (secondary N) is 2. The number of amides is 2. The van der Waals surface area contributed by atoms with Gasteiger partial charge in [0, 0.05) is 28.0 Å². The molecule has 54 heavy (non-hydrogen) atoms. The summed E-state index contributed by atoms with van der Waals surface area (Å²) in [6, 6.07) is 13.2. The van der Waals surface area contributed by atoms with Crippen LogP contribution < -0.4 is 16.4 Å². The molecule has 4 aliphatic carbocycles. The highest BCUT2D eigenvalue weighted by Crippen LogP contribution is 2.72. The number of benzene rings is 2. The highest BCUT2D eigenvalue weighted by atomic mass is 19.1. The van der Waals surface area contributed by atoms with Crippen molar-refractivity contribution < 1.29 is 47.6 Å². The van der Waals surface area contributed by atoms with Gasteiger partial charge in [-0.15, -0.1) is 0 Å². The predicted molar refractivity (Wildman–Crippen MR) is 193 cm³/mol. The summed E-state index contributed by atoms with van der Waals surface area (Å²) in [6.45, 7) is 5.51. The van der Waals surface area contributed by atoms with Crippen molar-refractivity contribution in [2.45, 2.75) is 101 Å². The molecule has 2 amide bonds. The first-order valence-corrected chi connectivity index (χ1v) is 18.5. The maximum Gasteiger partial charge on any atom is 0.246 e. The second-order valence-corrected chi connectivity index (χ2v) is 16.1. The molecule has 288 valence electrons. The number of ether oxygens (including phenoxy) is 2. The summed E-state index contributed by atoms with van der Waals surface area (Å²) in [5.74, 6) is -3.57. The fourth-order valence-corrected chi connectivity index (χ4v) is 10.2. The summed E-state index contributed by atoms with van der Waals surface area (Å²) >= 11 is 0. The van der Waals surface area contributed by atoms with Crippen LogP contribution in [0.3, 0.4) is 0 Å². The first-order chi connectivity index (χ1) is 25.5. The van der Waals surface area contributed by atoms with Crippen molar-refractivity contribution in [2.24, 2.45) is 28.4 Å². The van der Waals surface area contributed by atoms with Crippen LogP contribution in [-0.2, 0) is 35.1 Å². The van der Waals surface area contributed by atoms with Gasteiger partial charge in [-0.3, -0.25) is 19.2 Å². The number of nitrogens with two attached hydrogens (primary N) is 1. The smallest absolute Gasteiger partial charge is 0.246 e. The predicted octanol–water partition coefficient (Wildman–Crippen LogP) is 3.71. The van der Waals surface area contributed by atoms with E-state index < -0.39 is 94.8 Å². The van der Waals surface area contributed by atoms with Crippen LogP contribution in [0.2, 0.25) is 0 Å². The van der Waals surface area contributed by atoms with Crippen LogP contribution >= 0.6 is 0 Å². The summed E-state index contributed by atoms with van der Waals surface area (Å²) in [5, 5.41) is 27.4. The Morgan fingerprint density at radius 1 is 1.04 bits per heavy atom. The van der Waals surface area contributed by atoms with Crippen molar-refractivity contribution >= 4 is 29.1 Å². The number of hydrogen-bond acceptors (Lipinski definition) is 9. The van der Waals surface area contributed by atoms with Gasteiger partial charge in [0.1, 0.15) is 18.8 Å². The Kier molecular flexibility index (Phi) is 9.58. The van der Waals surface area contributed by atoms with Crippen molar-refractivity contribution in [3.05, 3.63) is 89.0 Å². The van der Waals surface area contributed by atoms with Crippen LogP contribution in [0.15, 0.2) is 72.3 Å². The Bertz CT molecular complexity index is 1940. The van der Waals surface area contributed by atoms with E-state index in [1.807, 2.05) is 42.5 Å². The highest BCUT2D eigenvalue weighted by Gasteiger charge is 2.80. The maximum atomic E-state index is 17.7. The molecule has 0 radical (unpaired) electrons. The van der Waals surface area contributed by atoms with Gasteiger partial charge in [0.2, 0.25) is 11.8 Å². The van der Waals surface area contributed by atoms with Crippen molar-refractivity contribution in [3.63, 3.8) is 0 Å². The number of alkyl halides is 2. The molecule has 11 nitrogen and oxygen atoms in total. The number of carbonyl (C=O) groups excluding carboxylic acids is 4. The summed E-state index contributed by atoms with van der Waals surface area (Å²) in [5.41, 5.74) is 1.76. The van der Waals surface area contributed by atoms with E-state index in [1.54, 1.807) is 19.9 Å². The molecule has 0 bridgehead atoms. The van der Waals surface area contributed by atoms with E-state index in [0.717, 1.165) is 17.2 Å². The molecule has 2 aromatic rings. The number of aliphatic hydroxyl groups excluding tert-OH is 2. The van der Waals surface area contributed by atoms with Crippen molar-refractivity contribution in [2.75, 3.05) is 11.9 Å². The fourth-order valence-electron chi connectivity index (χ4n) is 10.2. The SMILES string of the molecule is C[C@H](N)C(=O)N[C@@H](C)C(=O)Nc1cccc(Cc2ccc([C@@H]3O[C@@H]4C[C@H]5[C@@H]6C[C@H](F)C7=CC(=O)C=C[C@]7(C)[C@@]6(F)[C@@H](O)C[C@]5(C)[C@]4(C(=O)CO)O3)cc2)c1. The number of rotatable bonds is 9. The minimum Gasteiger partial charge on any atom is -0.390 e. The maximum absolute atomic E-state index is 17.7. The molecule has 12 atom stereocenters. The third-order valence-electron chi connectivity index (χ3n) is 12.9. The van der Waals surface area contributed by atoms with Gasteiger partial charge in [0.15, 0.2) is 29.1 Å². The molecule has 1 saturated heterocycles. The van der Waals surface area contributed by atoms with Crippen LogP contribution in [0, 0.1) is 22.7 Å². The zero-order chi connectivity index (χ0) is 39.0. The van der Waals surface area contributed by atoms with Crippen LogP contribution in [0.5, 0.6) is 0 Å². The van der Waals surface area contributed by atoms with Crippen molar-refractivity contribution in [3.8, 4) is 0 Å². The molecule has 0 unspecified atom stereocenters. The zero-order valence-electron chi connectivity index (χ0n) is 30.7. The quantitative estimate of drug-likeness (QED) is 0.256. The first-order valence-electron chi connectivity index (χ1n) is 18.5. The average Bonchev–Trinajstić information content (AvgIpc) is 3.63. The Balaban J connectivity index is 1.09. The number of aliphatic hydroxyl groups is 2. The van der Waals surface area contributed by atoms with Crippen LogP contribution in [0.4, 0.5) is 14.5 Å². The number of Topliss-reactive ketones (excluding diaryl/α,β-unsaturated/α-hetero) is 1. The first kappa shape index (κ1) is 38.1. The summed E-state index contributed by atoms with van der Waals surface area (Å²) < 4.78 is 46.6. The van der Waals surface area contributed by atoms with Gasteiger partial charge in [-0.1, -0.05) is 49.4 Å². The lowest BCUT2D eigenvalue weighted by Crippen LogP contribution is -2.70. The van der Waals surface area contributed by atoms with E-state index in [0.29, 0.717) is 17.7 Å². The molecule has 5 aliphatic rings. The number of halogens is 2. The van der Waals surface area contributed by atoms with E-state index in [2.05, 4.69) is 10.6 Å². The van der Waals surface area contributed by atoms with Gasteiger partial charge < -0.3 is 36.1 Å². The molecule has 13 heteroatoms. The minimum absolute atomic E-state index is 0.0147. The minimum atomic E-state index is -2.33. The van der Waals surface area contributed by atoms with E-state index in [4.69, 9.17) is 15.2 Å². The van der Waals surface area contributed by atoms with Crippen LogP contribution in [-0.4, -0.2) is 81.9 Å². The number of ketones is 2. The Hall–Kier alpha value is -4.14. The van der Waals surface area contributed by atoms with Gasteiger partial charge >= 0.3 is 0 Å². The van der Waals surface area contributed by atoms with Crippen LogP contribution in [0.1, 0.15) is 69.9 Å². The zero-order valence-corrected chi connectivity index (χ0v) is 30.7. The Morgan fingerprint density at radius 2 is 1.76 bits per heavy atom. The second-order valence-electron chi connectivity index (χ2n) is 16.1. The largest absolute Gasteiger partial charge is 0.390 e. The molecule has 0 aromatic heterocycles. The Morgan fingerprint density at radius 3 is 2.44 bits per heavy atom. The molecule has 2 aromatic carbocycles. The standard InChI is InChI=1S/C41H47F2N3O8/c1-21(44)35(51)45-22(2)36(52)46-26-7-5-6-24(15-26)14-23-8-10-25(11-9-23)37-53-34-18-28-29-17-31(42)30-16-27(48)12-13-38(30,3)40(29,43)32(49)19-39(28,4)41(34,54-37)33(50)20-47/h5-13,15-16,21-22,28-29,31-32,34,37,47,49H,14,17-20,44H2,1-4H3,(H,45,51)(H,46,52)/t21-,22-,28-,29-,31-,32-,34+,37+,38-,39-,40-,41+/m0/s1. The van der Waals surface area contributed by atoms with E-state index >= 15 is 8.78 Å². The van der Waals surface area contributed by atoms with Gasteiger partial charge in [-0.05, 0) is 93.4 Å². The lowest BCUT2D eigenvalue weighted by molar-refractivity contribution is -0.235. The number of anilines is 1.